The molecule has 0 bridgehead atoms. The van der Waals surface area contributed by atoms with Gasteiger partial charge < -0.3 is 10.2 Å². The highest BCUT2D eigenvalue weighted by atomic mass is 35.5. The van der Waals surface area contributed by atoms with Crippen LogP contribution in [0.4, 0.5) is 5.69 Å². The molecule has 3 heteroatoms. The van der Waals surface area contributed by atoms with Crippen molar-refractivity contribution in [3.63, 3.8) is 0 Å². The summed E-state index contributed by atoms with van der Waals surface area (Å²) in [5.41, 5.74) is 2.47. The summed E-state index contributed by atoms with van der Waals surface area (Å²) in [7, 11) is 0. The van der Waals surface area contributed by atoms with Gasteiger partial charge in [-0.05, 0) is 48.9 Å². The summed E-state index contributed by atoms with van der Waals surface area (Å²) in [5.74, 6) is 1.53. The summed E-state index contributed by atoms with van der Waals surface area (Å²) >= 11 is 6.47. The van der Waals surface area contributed by atoms with Gasteiger partial charge in [-0.15, -0.1) is 0 Å². The van der Waals surface area contributed by atoms with E-state index >= 15 is 0 Å². The molecule has 1 aromatic rings. The first-order valence-corrected chi connectivity index (χ1v) is 8.18. The minimum absolute atomic E-state index is 0.681. The molecule has 1 aliphatic rings. The van der Waals surface area contributed by atoms with E-state index in [2.05, 4.69) is 49.2 Å². The van der Waals surface area contributed by atoms with E-state index < -0.39 is 0 Å². The van der Waals surface area contributed by atoms with Gasteiger partial charge in [-0.1, -0.05) is 38.4 Å². The summed E-state index contributed by atoms with van der Waals surface area (Å²) in [6.07, 6.45) is 2.54. The van der Waals surface area contributed by atoms with Crippen molar-refractivity contribution in [1.82, 2.24) is 5.32 Å². The van der Waals surface area contributed by atoms with E-state index in [1.807, 2.05) is 0 Å². The van der Waals surface area contributed by atoms with Crippen LogP contribution in [0.25, 0.3) is 0 Å². The van der Waals surface area contributed by atoms with Gasteiger partial charge in [0.1, 0.15) is 0 Å². The molecule has 0 unspecified atom stereocenters. The fourth-order valence-corrected chi connectivity index (χ4v) is 2.99. The quantitative estimate of drug-likeness (QED) is 0.870. The second kappa shape index (κ2) is 7.33. The first-order valence-electron chi connectivity index (χ1n) is 7.80. The lowest BCUT2D eigenvalue weighted by atomic mass is 9.98. The third-order valence-electron chi connectivity index (χ3n) is 4.02. The van der Waals surface area contributed by atoms with Gasteiger partial charge >= 0.3 is 0 Å². The third-order valence-corrected chi connectivity index (χ3v) is 4.32. The van der Waals surface area contributed by atoms with Crippen LogP contribution in [-0.2, 0) is 6.54 Å². The average Bonchev–Trinajstić information content (AvgIpc) is 2.40. The zero-order valence-electron chi connectivity index (χ0n) is 13.0. The minimum Gasteiger partial charge on any atom is -0.370 e. The Morgan fingerprint density at radius 1 is 1.30 bits per heavy atom. The SMILES string of the molecule is CC(C)CNCc1ccc(N2CCC(C)CC2)c(Cl)c1. The summed E-state index contributed by atoms with van der Waals surface area (Å²) in [5, 5.41) is 4.35. The minimum atomic E-state index is 0.681. The first-order chi connectivity index (χ1) is 9.56. The van der Waals surface area contributed by atoms with E-state index in [1.54, 1.807) is 0 Å². The van der Waals surface area contributed by atoms with Gasteiger partial charge in [0.25, 0.3) is 0 Å². The van der Waals surface area contributed by atoms with Crippen LogP contribution in [0.1, 0.15) is 39.2 Å². The number of rotatable bonds is 5. The van der Waals surface area contributed by atoms with Crippen molar-refractivity contribution >= 4 is 17.3 Å². The van der Waals surface area contributed by atoms with Crippen LogP contribution in [0.2, 0.25) is 5.02 Å². The number of nitrogens with zero attached hydrogens (tertiary/aromatic N) is 1. The largest absolute Gasteiger partial charge is 0.370 e. The van der Waals surface area contributed by atoms with Gasteiger partial charge in [0.15, 0.2) is 0 Å². The number of piperidine rings is 1. The second-order valence-corrected chi connectivity index (χ2v) is 6.89. The standard InChI is InChI=1S/C17H27ClN2/c1-13(2)11-19-12-15-4-5-17(16(18)10-15)20-8-6-14(3)7-9-20/h4-5,10,13-14,19H,6-9,11-12H2,1-3H3. The van der Waals surface area contributed by atoms with Crippen LogP contribution in [0.3, 0.4) is 0 Å². The average molecular weight is 295 g/mol. The molecule has 0 aromatic heterocycles. The topological polar surface area (TPSA) is 15.3 Å². The highest BCUT2D eigenvalue weighted by molar-refractivity contribution is 6.33. The van der Waals surface area contributed by atoms with Crippen molar-refractivity contribution in [3.8, 4) is 0 Å². The molecule has 0 atom stereocenters. The molecule has 0 radical (unpaired) electrons. The monoisotopic (exact) mass is 294 g/mol. The lowest BCUT2D eigenvalue weighted by Crippen LogP contribution is -2.32. The van der Waals surface area contributed by atoms with Crippen LogP contribution >= 0.6 is 11.6 Å². The maximum atomic E-state index is 6.47. The molecule has 1 fully saturated rings. The highest BCUT2D eigenvalue weighted by Gasteiger charge is 2.17. The number of benzene rings is 1. The highest BCUT2D eigenvalue weighted by Crippen LogP contribution is 2.30. The van der Waals surface area contributed by atoms with E-state index in [9.17, 15) is 0 Å². The number of hydrogen-bond acceptors (Lipinski definition) is 2. The second-order valence-electron chi connectivity index (χ2n) is 6.48. The van der Waals surface area contributed by atoms with Gasteiger partial charge in [-0.25, -0.2) is 0 Å². The molecule has 0 spiro atoms. The van der Waals surface area contributed by atoms with Crippen LogP contribution in [0.15, 0.2) is 18.2 Å². The van der Waals surface area contributed by atoms with Gasteiger partial charge in [0, 0.05) is 19.6 Å². The van der Waals surface area contributed by atoms with E-state index in [0.29, 0.717) is 5.92 Å². The number of hydrogen-bond donors (Lipinski definition) is 1. The van der Waals surface area contributed by atoms with Crippen LogP contribution in [0.5, 0.6) is 0 Å². The predicted molar refractivity (Wildman–Crippen MR) is 88.6 cm³/mol. The van der Waals surface area contributed by atoms with Crippen molar-refractivity contribution in [2.24, 2.45) is 11.8 Å². The van der Waals surface area contributed by atoms with E-state index in [-0.39, 0.29) is 0 Å². The molecule has 20 heavy (non-hydrogen) atoms. The van der Waals surface area contributed by atoms with Crippen molar-refractivity contribution in [2.45, 2.75) is 40.2 Å². The molecule has 1 aromatic carbocycles. The van der Waals surface area contributed by atoms with Crippen molar-refractivity contribution in [1.29, 1.82) is 0 Å². The molecular weight excluding hydrogens is 268 g/mol. The Labute approximate surface area is 128 Å². The van der Waals surface area contributed by atoms with Gasteiger partial charge in [0.2, 0.25) is 0 Å². The van der Waals surface area contributed by atoms with Crippen LogP contribution in [-0.4, -0.2) is 19.6 Å². The fraction of sp³-hybridized carbons (Fsp3) is 0.647. The van der Waals surface area contributed by atoms with Crippen LogP contribution < -0.4 is 10.2 Å². The zero-order valence-corrected chi connectivity index (χ0v) is 13.7. The Kier molecular flexibility index (Phi) is 5.74. The van der Waals surface area contributed by atoms with Crippen molar-refractivity contribution in [3.05, 3.63) is 28.8 Å². The molecule has 0 amide bonds. The van der Waals surface area contributed by atoms with E-state index in [0.717, 1.165) is 37.1 Å². The Balaban J connectivity index is 1.95. The smallest absolute Gasteiger partial charge is 0.0642 e. The number of halogens is 1. The van der Waals surface area contributed by atoms with Crippen molar-refractivity contribution in [2.75, 3.05) is 24.5 Å². The zero-order chi connectivity index (χ0) is 14.5. The molecule has 1 N–H and O–H groups in total. The van der Waals surface area contributed by atoms with Crippen LogP contribution in [0, 0.1) is 11.8 Å². The summed E-state index contributed by atoms with van der Waals surface area (Å²) < 4.78 is 0. The molecular formula is C17H27ClN2. The van der Waals surface area contributed by atoms with Gasteiger partial charge in [-0.3, -0.25) is 0 Å². The molecule has 0 aliphatic carbocycles. The molecule has 0 saturated carbocycles. The first kappa shape index (κ1) is 15.7. The van der Waals surface area contributed by atoms with Crippen molar-refractivity contribution < 1.29 is 0 Å². The maximum Gasteiger partial charge on any atom is 0.0642 e. The third kappa shape index (κ3) is 4.39. The Hall–Kier alpha value is -0.730. The summed E-state index contributed by atoms with van der Waals surface area (Å²) in [6.45, 7) is 11.0. The molecule has 2 nitrogen and oxygen atoms in total. The molecule has 2 rings (SSSR count). The number of anilines is 1. The molecule has 1 saturated heterocycles. The summed E-state index contributed by atoms with van der Waals surface area (Å²) in [6, 6.07) is 6.50. The summed E-state index contributed by atoms with van der Waals surface area (Å²) in [4.78, 5) is 2.42. The molecule has 1 heterocycles. The molecule has 1 aliphatic heterocycles. The maximum absolute atomic E-state index is 6.47. The fourth-order valence-electron chi connectivity index (χ4n) is 2.67. The lowest BCUT2D eigenvalue weighted by Gasteiger charge is -2.32. The predicted octanol–water partition coefficient (Wildman–Crippen LogP) is 4.32. The normalized spacial score (nSPS) is 16.9. The Bertz CT molecular complexity index is 423. The Morgan fingerprint density at radius 3 is 2.60 bits per heavy atom. The van der Waals surface area contributed by atoms with E-state index in [1.165, 1.54) is 24.1 Å². The lowest BCUT2D eigenvalue weighted by molar-refractivity contribution is 0.438. The Morgan fingerprint density at radius 2 is 2.00 bits per heavy atom. The molecule has 112 valence electrons. The van der Waals surface area contributed by atoms with Gasteiger partial charge in [-0.2, -0.15) is 0 Å². The van der Waals surface area contributed by atoms with Gasteiger partial charge in [0.05, 0.1) is 10.7 Å². The number of nitrogens with one attached hydrogen (secondary N) is 1. The van der Waals surface area contributed by atoms with E-state index in [4.69, 9.17) is 11.6 Å².